The van der Waals surface area contributed by atoms with E-state index in [-0.39, 0.29) is 40.3 Å². The number of aliphatic carboxylic acids is 1. The van der Waals surface area contributed by atoms with Crippen molar-refractivity contribution >= 4 is 33.3 Å². The second kappa shape index (κ2) is 12.0. The highest BCUT2D eigenvalue weighted by molar-refractivity contribution is 7.92. The number of ether oxygens (including phenoxy) is 1. The van der Waals surface area contributed by atoms with E-state index in [1.165, 1.54) is 19.2 Å². The van der Waals surface area contributed by atoms with E-state index in [4.69, 9.17) is 4.74 Å². The number of amides is 2. The van der Waals surface area contributed by atoms with Gasteiger partial charge in [-0.25, -0.2) is 12.8 Å². The topological polar surface area (TPSA) is 139 Å². The van der Waals surface area contributed by atoms with Gasteiger partial charge in [-0.1, -0.05) is 6.07 Å². The molecule has 238 valence electrons. The molecule has 2 aromatic rings. The summed E-state index contributed by atoms with van der Waals surface area (Å²) >= 11 is 0. The number of carbonyl (C=O) groups excluding carboxylic acids is 2. The first-order chi connectivity index (χ1) is 20.7. The minimum atomic E-state index is -5.62. The molecule has 2 bridgehead atoms. The van der Waals surface area contributed by atoms with E-state index in [1.807, 2.05) is 0 Å². The maximum atomic E-state index is 15.1. The molecule has 3 saturated carbocycles. The van der Waals surface area contributed by atoms with Gasteiger partial charge < -0.3 is 20.5 Å². The van der Waals surface area contributed by atoms with Crippen LogP contribution in [0.5, 0.6) is 5.75 Å². The molecule has 9 nitrogen and oxygen atoms in total. The zero-order valence-electron chi connectivity index (χ0n) is 23.7. The lowest BCUT2D eigenvalue weighted by molar-refractivity contribution is -0.142. The summed E-state index contributed by atoms with van der Waals surface area (Å²) in [5, 5.41) is 14.7. The van der Waals surface area contributed by atoms with Gasteiger partial charge in [-0.15, -0.1) is 0 Å². The normalized spacial score (nSPS) is 26.7. The number of methoxy groups -OCH3 is 1. The van der Waals surface area contributed by atoms with E-state index in [2.05, 4.69) is 10.6 Å². The summed E-state index contributed by atoms with van der Waals surface area (Å²) in [4.78, 5) is 37.4. The Labute approximate surface area is 251 Å². The number of sulfone groups is 1. The number of benzene rings is 2. The summed E-state index contributed by atoms with van der Waals surface area (Å²) < 4.78 is 83.3. The first-order valence-electron chi connectivity index (χ1n) is 14.3. The molecule has 0 aromatic heterocycles. The molecule has 4 unspecified atom stereocenters. The summed E-state index contributed by atoms with van der Waals surface area (Å²) in [6, 6.07) is 5.83. The summed E-state index contributed by atoms with van der Waals surface area (Å²) in [5.41, 5.74) is -5.28. The van der Waals surface area contributed by atoms with E-state index in [0.29, 0.717) is 38.5 Å². The van der Waals surface area contributed by atoms with Gasteiger partial charge in [0.25, 0.3) is 15.7 Å². The van der Waals surface area contributed by atoms with Gasteiger partial charge in [-0.05, 0) is 92.5 Å². The summed E-state index contributed by atoms with van der Waals surface area (Å²) in [6.45, 7) is 0. The van der Waals surface area contributed by atoms with E-state index >= 15 is 4.39 Å². The number of carboxylic acid groups (broad SMARTS) is 1. The molecule has 14 heteroatoms. The third-order valence-electron chi connectivity index (χ3n) is 9.31. The SMILES string of the molecule is COc1cc(F)c(C2CCC(C(=O)O)CC2)cc1C(=O)NC1C2CCC(C2)C1C(=O)Nc1cccc(S(=O)(=O)C(F)(F)F)c1. The van der Waals surface area contributed by atoms with Crippen LogP contribution in [-0.4, -0.2) is 50.0 Å². The van der Waals surface area contributed by atoms with Crippen LogP contribution < -0.4 is 15.4 Å². The lowest BCUT2D eigenvalue weighted by atomic mass is 9.78. The first-order valence-corrected chi connectivity index (χ1v) is 15.8. The number of hydrogen-bond donors (Lipinski definition) is 3. The van der Waals surface area contributed by atoms with Crippen LogP contribution in [0.15, 0.2) is 41.3 Å². The van der Waals surface area contributed by atoms with Crippen LogP contribution in [0.1, 0.15) is 66.8 Å². The fourth-order valence-corrected chi connectivity index (χ4v) is 7.90. The van der Waals surface area contributed by atoms with Crippen molar-refractivity contribution in [2.75, 3.05) is 12.4 Å². The standard InChI is InChI=1S/C30H32F4N2O7S/c1-43-24-14-23(31)21(15-5-7-16(8-6-15)29(39)40)13-22(24)27(37)36-26-18-10-9-17(11-18)25(26)28(38)35-19-3-2-4-20(12-19)44(41,42)30(32,33)34/h2-4,12-18,25-26H,5-11H2,1H3,(H,35,38)(H,36,37)(H,39,40). The van der Waals surface area contributed by atoms with Crippen LogP contribution in [0, 0.1) is 29.5 Å². The van der Waals surface area contributed by atoms with Crippen LogP contribution in [0.2, 0.25) is 0 Å². The van der Waals surface area contributed by atoms with Crippen molar-refractivity contribution in [1.29, 1.82) is 0 Å². The molecule has 0 saturated heterocycles. The number of carbonyl (C=O) groups is 3. The molecule has 2 aromatic carbocycles. The van der Waals surface area contributed by atoms with E-state index in [1.54, 1.807) is 0 Å². The average molecular weight is 641 g/mol. The Bertz CT molecular complexity index is 1570. The second-order valence-electron chi connectivity index (χ2n) is 11.8. The summed E-state index contributed by atoms with van der Waals surface area (Å²) in [7, 11) is -4.32. The molecule has 0 radical (unpaired) electrons. The minimum absolute atomic E-state index is 0.00480. The first kappa shape index (κ1) is 31.7. The Morgan fingerprint density at radius 2 is 1.66 bits per heavy atom. The highest BCUT2D eigenvalue weighted by Gasteiger charge is 2.52. The molecule has 3 N–H and O–H groups in total. The molecule has 0 aliphatic heterocycles. The highest BCUT2D eigenvalue weighted by Crippen LogP contribution is 2.49. The van der Waals surface area contributed by atoms with E-state index in [0.717, 1.165) is 30.7 Å². The molecule has 3 fully saturated rings. The van der Waals surface area contributed by atoms with Gasteiger partial charge in [0, 0.05) is 17.8 Å². The molecule has 3 aliphatic carbocycles. The number of hydrogen-bond acceptors (Lipinski definition) is 6. The molecule has 2 amide bonds. The number of carboxylic acids is 1. The molecular formula is C30H32F4N2O7S. The number of anilines is 1. The molecule has 0 spiro atoms. The van der Waals surface area contributed by atoms with Gasteiger partial charge in [0.2, 0.25) is 5.91 Å². The smallest absolute Gasteiger partial charge is 0.496 e. The largest absolute Gasteiger partial charge is 0.501 e. The van der Waals surface area contributed by atoms with E-state index < -0.39 is 61.7 Å². The van der Waals surface area contributed by atoms with Crippen molar-refractivity contribution < 1.29 is 50.2 Å². The molecule has 4 atom stereocenters. The quantitative estimate of drug-likeness (QED) is 0.334. The number of fused-ring (bicyclic) bond motifs is 2. The van der Waals surface area contributed by atoms with Crippen LogP contribution in [0.4, 0.5) is 23.2 Å². The monoisotopic (exact) mass is 640 g/mol. The Kier molecular flexibility index (Phi) is 8.67. The predicted molar refractivity (Wildman–Crippen MR) is 149 cm³/mol. The number of nitrogens with one attached hydrogen (secondary N) is 2. The molecule has 0 heterocycles. The van der Waals surface area contributed by atoms with Crippen molar-refractivity contribution in [3.8, 4) is 5.75 Å². The summed E-state index contributed by atoms with van der Waals surface area (Å²) in [6.07, 6.45) is 3.77. The molecule has 3 aliphatic rings. The lowest BCUT2D eigenvalue weighted by Gasteiger charge is -2.31. The zero-order chi connectivity index (χ0) is 32.0. The summed E-state index contributed by atoms with van der Waals surface area (Å²) in [5.74, 6) is -4.27. The van der Waals surface area contributed by atoms with E-state index in [9.17, 15) is 41.1 Å². The Hall–Kier alpha value is -3.68. The molecular weight excluding hydrogens is 608 g/mol. The number of rotatable bonds is 8. The van der Waals surface area contributed by atoms with Gasteiger partial charge in [0.1, 0.15) is 11.6 Å². The fourth-order valence-electron chi connectivity index (χ4n) is 7.09. The van der Waals surface area contributed by atoms with Gasteiger partial charge in [-0.2, -0.15) is 13.2 Å². The number of halogens is 4. The maximum Gasteiger partial charge on any atom is 0.501 e. The third-order valence-corrected chi connectivity index (χ3v) is 10.8. The van der Waals surface area contributed by atoms with Crippen LogP contribution in [0.3, 0.4) is 0 Å². The van der Waals surface area contributed by atoms with Crippen LogP contribution >= 0.6 is 0 Å². The van der Waals surface area contributed by atoms with Gasteiger partial charge in [-0.3, -0.25) is 14.4 Å². The maximum absolute atomic E-state index is 15.1. The van der Waals surface area contributed by atoms with Crippen molar-refractivity contribution in [3.05, 3.63) is 53.3 Å². The van der Waals surface area contributed by atoms with Crippen molar-refractivity contribution in [3.63, 3.8) is 0 Å². The lowest BCUT2D eigenvalue weighted by Crippen LogP contribution is -2.48. The Balaban J connectivity index is 1.35. The van der Waals surface area contributed by atoms with Gasteiger partial charge in [0.05, 0.1) is 29.4 Å². The van der Waals surface area contributed by atoms with Crippen molar-refractivity contribution in [2.24, 2.45) is 23.7 Å². The highest BCUT2D eigenvalue weighted by atomic mass is 32.2. The molecule has 44 heavy (non-hydrogen) atoms. The molecule has 5 rings (SSSR count). The average Bonchev–Trinajstić information content (AvgIpc) is 3.58. The second-order valence-corrected chi connectivity index (χ2v) is 13.7. The minimum Gasteiger partial charge on any atom is -0.496 e. The Morgan fingerprint density at radius 1 is 0.977 bits per heavy atom. The number of alkyl halides is 3. The van der Waals surface area contributed by atoms with Crippen LogP contribution in [0.25, 0.3) is 0 Å². The third kappa shape index (κ3) is 6.00. The zero-order valence-corrected chi connectivity index (χ0v) is 24.5. The van der Waals surface area contributed by atoms with Gasteiger partial charge >= 0.3 is 11.5 Å². The van der Waals surface area contributed by atoms with Crippen molar-refractivity contribution in [2.45, 2.75) is 67.3 Å². The Morgan fingerprint density at radius 3 is 2.30 bits per heavy atom. The van der Waals surface area contributed by atoms with Crippen molar-refractivity contribution in [1.82, 2.24) is 5.32 Å². The van der Waals surface area contributed by atoms with Crippen LogP contribution in [-0.2, 0) is 19.4 Å². The fraction of sp³-hybridized carbons (Fsp3) is 0.500. The predicted octanol–water partition coefficient (Wildman–Crippen LogP) is 5.27. The van der Waals surface area contributed by atoms with Gasteiger partial charge in [0.15, 0.2) is 0 Å².